The molecule has 24 aliphatic carbocycles. The van der Waals surface area contributed by atoms with Crippen LogP contribution in [0.3, 0.4) is 0 Å². The summed E-state index contributed by atoms with van der Waals surface area (Å²) in [6.07, 6.45) is 94.9. The molecule has 0 aromatic heterocycles. The van der Waals surface area contributed by atoms with Gasteiger partial charge in [0.2, 0.25) is 0 Å². The minimum Gasteiger partial charge on any atom is -0.0649 e. The first kappa shape index (κ1) is 117. The zero-order valence-corrected chi connectivity index (χ0v) is 101. The molecular weight excluding hydrogens is 1650 g/mol. The SMILES string of the molecule is CC(C)(C)C12CC3CC(CC(C3)C1)C2.CC(C)(C)C1CC2CCC1C2.CC(C)(C)C1CCCCC1.CCC(C)(C)C12CC3CC(CC(C3)C1)C2.CCC(C)(C)C1CC2CCC1C2.CCC(C)(C)C1CCCCC1.CCC(C)(C)CC.CCC(C)(CC)C12CC3CC(CC(C3)C1)C2.CCC(C)(CC)C1CC2CC1C1CCCC21.CCC(C)(CC)C1CC2CCC1C2.CCC(C)(CC)C1CCCCC1. The first-order valence-corrected chi connectivity index (χ1v) is 64.3. The molecule has 0 nitrogen and oxygen atoms in total. The third-order valence-corrected chi connectivity index (χ3v) is 52.1. The van der Waals surface area contributed by atoms with Crippen molar-refractivity contribution in [3.05, 3.63) is 0 Å². The molecular formula is C137H254. The molecule has 0 saturated heterocycles. The molecule has 0 radical (unpaired) electrons. The quantitative estimate of drug-likeness (QED) is 0.114. The number of fused-ring (bicyclic) bond motifs is 11. The Kier molecular flexibility index (Phi) is 41.9. The van der Waals surface area contributed by atoms with Crippen molar-refractivity contribution >= 4 is 0 Å². The Hall–Kier alpha value is 0. The maximum Gasteiger partial charge on any atom is -0.0236 e. The van der Waals surface area contributed by atoms with E-state index in [1.807, 2.05) is 0 Å². The zero-order chi connectivity index (χ0) is 101. The van der Waals surface area contributed by atoms with E-state index in [2.05, 4.69) is 235 Å². The van der Waals surface area contributed by atoms with E-state index in [-0.39, 0.29) is 0 Å². The Labute approximate surface area is 863 Å². The third-order valence-electron chi connectivity index (χ3n) is 52.1. The predicted octanol–water partition coefficient (Wildman–Crippen LogP) is 45.2. The lowest BCUT2D eigenvalue weighted by Gasteiger charge is -2.63. The molecule has 0 heterocycles. The topological polar surface area (TPSA) is 0 Å². The van der Waals surface area contributed by atoms with Gasteiger partial charge in [-0.1, -0.05) is 402 Å². The minimum absolute atomic E-state index is 0.559. The summed E-state index contributed by atoms with van der Waals surface area (Å²) >= 11 is 0. The van der Waals surface area contributed by atoms with Crippen LogP contribution in [0.4, 0.5) is 0 Å². The molecule has 137 heavy (non-hydrogen) atoms. The lowest BCUT2D eigenvalue weighted by molar-refractivity contribution is -0.128. The molecule has 0 aromatic carbocycles. The fraction of sp³-hybridized carbons (Fsp3) is 1.00. The standard InChI is InChI=1S/2C16H28.C15H26.C14H24.C13H24.C12H22.C12H24.C11H20.C11H22.C10H20.C7H16/c1-4-15(3,5-2)16-9-12-6-13(10-16)8-14(7-12)11-16;1-4-16(3,5-2)15-10-11-9-14(15)13-8-6-7-12(11)13;1-4-14(2,3)15-8-11-5-12(9-15)7-13(6-11)10-15;1-13(2,3)14-7-10-4-11(8-14)6-12(5-10)9-14;1-4-13(3,5-2)12-9-10-6-7-11(12)8-10;1-4-12(2,3)11-8-9-5-6-10(11)7-9;1-4-12(3,5-2)11-9-7-6-8-10-11;1-11(2,3)10-7-8-4-5-9(10)6-8;1-4-11(2,3)10-8-6-5-7-9-10;1-10(2,3)9-7-5-4-6-8-9;1-5-7(3,4)6-2/h12-14H,4-11H2,1-3H3;11-15H,4-10H2,1-3H3;11-13H,4-10H2,1-3H3;10-12H,4-9H2,1-3H3;10-12H,4-9H2,1-3H3;9-11H,4-8H2,1-3H3;11H,4-10H2,1-3H3;8-10H,4-7H2,1-3H3;10H,4-9H2,1-3H3;9H,4-8H2,1-3H3;5-6H2,1-4H3. The normalized spacial score (nSPS) is 38.0. The van der Waals surface area contributed by atoms with Gasteiger partial charge in [-0.2, -0.15) is 0 Å². The molecule has 0 heteroatoms. The van der Waals surface area contributed by atoms with E-state index in [9.17, 15) is 0 Å². The summed E-state index contributed by atoms with van der Waals surface area (Å²) in [5, 5.41) is 0. The van der Waals surface area contributed by atoms with E-state index >= 15 is 0 Å². The van der Waals surface area contributed by atoms with Crippen LogP contribution in [0.2, 0.25) is 0 Å². The van der Waals surface area contributed by atoms with Gasteiger partial charge in [0.1, 0.15) is 0 Å². The Morgan fingerprint density at radius 3 is 0.803 bits per heavy atom. The second kappa shape index (κ2) is 49.0. The Morgan fingerprint density at radius 2 is 0.518 bits per heavy atom. The molecule has 20 bridgehead atoms. The second-order valence-electron chi connectivity index (χ2n) is 63.3. The van der Waals surface area contributed by atoms with Crippen LogP contribution in [0, 0.1) is 230 Å². The smallest absolute Gasteiger partial charge is 0.0236 e. The second-order valence-corrected chi connectivity index (χ2v) is 63.3. The molecule has 0 aromatic rings. The maximum atomic E-state index is 2.60. The van der Waals surface area contributed by atoms with E-state index in [4.69, 9.17) is 0 Å². The summed E-state index contributed by atoms with van der Waals surface area (Å²) < 4.78 is 0. The van der Waals surface area contributed by atoms with Gasteiger partial charge >= 0.3 is 0 Å². The summed E-state index contributed by atoms with van der Waals surface area (Å²) in [6.45, 7) is 82.3. The van der Waals surface area contributed by atoms with Gasteiger partial charge in [-0.3, -0.25) is 0 Å². The Balaban J connectivity index is 0.000000145. The molecule has 14 unspecified atom stereocenters. The monoisotopic (exact) mass is 1900 g/mol. The summed E-state index contributed by atoms with van der Waals surface area (Å²) in [4.78, 5) is 0. The zero-order valence-electron chi connectivity index (χ0n) is 101. The van der Waals surface area contributed by atoms with Crippen molar-refractivity contribution in [1.82, 2.24) is 0 Å². The fourth-order valence-corrected chi connectivity index (χ4v) is 39.5. The van der Waals surface area contributed by atoms with Crippen LogP contribution in [-0.2, 0) is 0 Å². The fourth-order valence-electron chi connectivity index (χ4n) is 39.5. The van der Waals surface area contributed by atoms with Gasteiger partial charge in [-0.15, -0.1) is 0 Å². The first-order chi connectivity index (χ1) is 64.3. The van der Waals surface area contributed by atoms with Crippen molar-refractivity contribution in [2.24, 2.45) is 230 Å². The maximum absolute atomic E-state index is 2.60. The van der Waals surface area contributed by atoms with Crippen LogP contribution >= 0.6 is 0 Å². The minimum atomic E-state index is 0.559. The third kappa shape index (κ3) is 28.3. The van der Waals surface area contributed by atoms with Gasteiger partial charge in [0, 0.05) is 0 Å². The van der Waals surface area contributed by atoms with Crippen molar-refractivity contribution in [3.63, 3.8) is 0 Å². The lowest BCUT2D eigenvalue weighted by atomic mass is 9.42. The molecule has 0 spiro atoms. The number of hydrogen-bond acceptors (Lipinski definition) is 0. The van der Waals surface area contributed by atoms with Crippen molar-refractivity contribution in [2.75, 3.05) is 0 Å². The molecule has 24 rings (SSSR count). The van der Waals surface area contributed by atoms with Crippen LogP contribution in [0.5, 0.6) is 0 Å². The van der Waals surface area contributed by atoms with Crippen LogP contribution in [-0.4, -0.2) is 0 Å². The van der Waals surface area contributed by atoms with E-state index in [0.29, 0.717) is 59.6 Å². The highest BCUT2D eigenvalue weighted by atomic mass is 14.7. The summed E-state index contributed by atoms with van der Waals surface area (Å²) in [5.41, 5.74) is 8.99. The van der Waals surface area contributed by atoms with Crippen molar-refractivity contribution in [1.29, 1.82) is 0 Å². The van der Waals surface area contributed by atoms with Gasteiger partial charge in [0.25, 0.3) is 0 Å². The van der Waals surface area contributed by atoms with Gasteiger partial charge in [0.05, 0.1) is 0 Å². The molecule has 24 saturated carbocycles. The van der Waals surface area contributed by atoms with Gasteiger partial charge < -0.3 is 0 Å². The van der Waals surface area contributed by atoms with E-state index in [1.54, 1.807) is 205 Å². The average Bonchev–Trinajstić information content (AvgIpc) is 1.46. The van der Waals surface area contributed by atoms with E-state index < -0.39 is 0 Å². The summed E-state index contributed by atoms with van der Waals surface area (Å²) in [7, 11) is 0. The molecule has 24 aliphatic rings. The molecule has 802 valence electrons. The van der Waals surface area contributed by atoms with Crippen LogP contribution < -0.4 is 0 Å². The summed E-state index contributed by atoms with van der Waals surface area (Å²) in [6, 6.07) is 0. The Bertz CT molecular complexity index is 3310. The lowest BCUT2D eigenvalue weighted by Crippen LogP contribution is -2.53. The highest BCUT2D eigenvalue weighted by Crippen LogP contribution is 2.72. The molecule has 0 N–H and O–H groups in total. The first-order valence-electron chi connectivity index (χ1n) is 64.3. The van der Waals surface area contributed by atoms with Gasteiger partial charge in [-0.05, 0) is 467 Å². The van der Waals surface area contributed by atoms with E-state index in [0.717, 1.165) is 164 Å². The predicted molar refractivity (Wildman–Crippen MR) is 609 cm³/mol. The van der Waals surface area contributed by atoms with Gasteiger partial charge in [0.15, 0.2) is 0 Å². The molecule has 0 aliphatic heterocycles. The van der Waals surface area contributed by atoms with Crippen LogP contribution in [0.1, 0.15) is 640 Å². The highest BCUT2D eigenvalue weighted by Gasteiger charge is 2.62. The molecule has 14 atom stereocenters. The largest absolute Gasteiger partial charge is 0.0649 e. The van der Waals surface area contributed by atoms with Crippen molar-refractivity contribution in [2.45, 2.75) is 640 Å². The molecule has 24 fully saturated rings. The highest BCUT2D eigenvalue weighted by molar-refractivity contribution is 5.12. The van der Waals surface area contributed by atoms with Crippen LogP contribution in [0.15, 0.2) is 0 Å². The number of rotatable bonds is 20. The van der Waals surface area contributed by atoms with Crippen LogP contribution in [0.25, 0.3) is 0 Å². The van der Waals surface area contributed by atoms with Crippen molar-refractivity contribution in [3.8, 4) is 0 Å². The molecule has 0 amide bonds. The van der Waals surface area contributed by atoms with Crippen molar-refractivity contribution < 1.29 is 0 Å². The summed E-state index contributed by atoms with van der Waals surface area (Å²) in [5.74, 6) is 28.5. The van der Waals surface area contributed by atoms with E-state index in [1.165, 1.54) is 205 Å². The average molecular weight is 1900 g/mol. The number of hydrogen-bond donors (Lipinski definition) is 0. The van der Waals surface area contributed by atoms with Gasteiger partial charge in [-0.25, -0.2) is 0 Å². The Morgan fingerprint density at radius 1 is 0.190 bits per heavy atom.